The minimum Gasteiger partial charge on any atom is -0.280 e. The number of sulfonamides is 1. The van der Waals surface area contributed by atoms with Crippen LogP contribution in [-0.2, 0) is 10.0 Å². The quantitative estimate of drug-likeness (QED) is 0.926. The van der Waals surface area contributed by atoms with E-state index in [9.17, 15) is 12.8 Å². The molecule has 0 radical (unpaired) electrons. The van der Waals surface area contributed by atoms with Gasteiger partial charge in [-0.05, 0) is 48.2 Å². The Kier molecular flexibility index (Phi) is 4.32. The largest absolute Gasteiger partial charge is 0.280 e. The molecule has 0 bridgehead atoms. The maximum atomic E-state index is 13.9. The fourth-order valence-electron chi connectivity index (χ4n) is 2.06. The maximum Gasteiger partial charge on any atom is 0.261 e. The lowest BCUT2D eigenvalue weighted by Crippen LogP contribution is -2.13. The average Bonchev–Trinajstić information content (AvgIpc) is 2.37. The molecule has 0 aliphatic rings. The average molecular weight is 307 g/mol. The SMILES string of the molecule is Cc1cccc(S(=O)(=O)Nc2ccc(C(C)C)c(F)c2)c1. The van der Waals surface area contributed by atoms with Gasteiger partial charge in [-0.3, -0.25) is 4.72 Å². The molecule has 0 spiro atoms. The van der Waals surface area contributed by atoms with Crippen LogP contribution in [0.15, 0.2) is 47.4 Å². The number of hydrogen-bond acceptors (Lipinski definition) is 2. The number of anilines is 1. The van der Waals surface area contributed by atoms with Crippen molar-refractivity contribution in [2.75, 3.05) is 4.72 Å². The van der Waals surface area contributed by atoms with Crippen LogP contribution in [0.25, 0.3) is 0 Å². The molecule has 0 saturated carbocycles. The van der Waals surface area contributed by atoms with Gasteiger partial charge in [0.25, 0.3) is 10.0 Å². The van der Waals surface area contributed by atoms with Crippen molar-refractivity contribution in [3.8, 4) is 0 Å². The molecule has 0 atom stereocenters. The van der Waals surface area contributed by atoms with E-state index in [2.05, 4.69) is 4.72 Å². The summed E-state index contributed by atoms with van der Waals surface area (Å²) in [6.45, 7) is 5.58. The number of nitrogens with one attached hydrogen (secondary N) is 1. The number of halogens is 1. The van der Waals surface area contributed by atoms with Crippen LogP contribution in [0.4, 0.5) is 10.1 Å². The van der Waals surface area contributed by atoms with Gasteiger partial charge in [-0.2, -0.15) is 0 Å². The lowest BCUT2D eigenvalue weighted by molar-refractivity contribution is 0.597. The Morgan fingerprint density at radius 1 is 1.10 bits per heavy atom. The minimum atomic E-state index is -3.70. The van der Waals surface area contributed by atoms with Crippen molar-refractivity contribution >= 4 is 15.7 Å². The fraction of sp³-hybridized carbons (Fsp3) is 0.250. The molecule has 2 aromatic carbocycles. The number of aryl methyl sites for hydroxylation is 1. The van der Waals surface area contributed by atoms with Gasteiger partial charge in [-0.25, -0.2) is 12.8 Å². The van der Waals surface area contributed by atoms with Gasteiger partial charge in [-0.1, -0.05) is 32.0 Å². The predicted octanol–water partition coefficient (Wildman–Crippen LogP) is 4.06. The Labute approximate surface area is 124 Å². The van der Waals surface area contributed by atoms with Gasteiger partial charge in [0.15, 0.2) is 0 Å². The molecule has 0 aliphatic carbocycles. The van der Waals surface area contributed by atoms with Gasteiger partial charge in [0.2, 0.25) is 0 Å². The first kappa shape index (κ1) is 15.5. The van der Waals surface area contributed by atoms with Crippen molar-refractivity contribution in [1.82, 2.24) is 0 Å². The summed E-state index contributed by atoms with van der Waals surface area (Å²) in [7, 11) is -3.70. The van der Waals surface area contributed by atoms with E-state index in [0.717, 1.165) is 5.56 Å². The first-order chi connectivity index (χ1) is 9.79. The highest BCUT2D eigenvalue weighted by atomic mass is 32.2. The molecule has 1 N–H and O–H groups in total. The van der Waals surface area contributed by atoms with Crippen LogP contribution < -0.4 is 4.72 Å². The molecule has 0 heterocycles. The smallest absolute Gasteiger partial charge is 0.261 e. The molecule has 2 rings (SSSR count). The van der Waals surface area contributed by atoms with Crippen molar-refractivity contribution in [3.05, 3.63) is 59.4 Å². The Morgan fingerprint density at radius 3 is 2.38 bits per heavy atom. The normalized spacial score (nSPS) is 11.7. The second kappa shape index (κ2) is 5.85. The molecular weight excluding hydrogens is 289 g/mol. The van der Waals surface area contributed by atoms with Gasteiger partial charge >= 0.3 is 0 Å². The summed E-state index contributed by atoms with van der Waals surface area (Å²) in [5.74, 6) is -0.359. The van der Waals surface area contributed by atoms with Crippen LogP contribution >= 0.6 is 0 Å². The Balaban J connectivity index is 2.31. The highest BCUT2D eigenvalue weighted by Gasteiger charge is 2.15. The molecule has 0 saturated heterocycles. The molecule has 5 heteroatoms. The van der Waals surface area contributed by atoms with Crippen molar-refractivity contribution in [2.45, 2.75) is 31.6 Å². The monoisotopic (exact) mass is 307 g/mol. The first-order valence-corrected chi connectivity index (χ1v) is 8.17. The molecule has 0 fully saturated rings. The zero-order chi connectivity index (χ0) is 15.6. The fourth-order valence-corrected chi connectivity index (χ4v) is 3.21. The summed E-state index contributed by atoms with van der Waals surface area (Å²) in [6, 6.07) is 11.0. The molecule has 0 amide bonds. The highest BCUT2D eigenvalue weighted by molar-refractivity contribution is 7.92. The van der Waals surface area contributed by atoms with Gasteiger partial charge in [0, 0.05) is 0 Å². The molecular formula is C16H18FNO2S. The number of rotatable bonds is 4. The lowest BCUT2D eigenvalue weighted by atomic mass is 10.0. The van der Waals surface area contributed by atoms with E-state index in [4.69, 9.17) is 0 Å². The molecule has 112 valence electrons. The van der Waals surface area contributed by atoms with Crippen molar-refractivity contribution in [1.29, 1.82) is 0 Å². The predicted molar refractivity (Wildman–Crippen MR) is 82.5 cm³/mol. The molecule has 2 aromatic rings. The van der Waals surface area contributed by atoms with Crippen LogP contribution in [0.1, 0.15) is 30.9 Å². The Bertz CT molecular complexity index is 755. The summed E-state index contributed by atoms with van der Waals surface area (Å²) in [4.78, 5) is 0.163. The summed E-state index contributed by atoms with van der Waals surface area (Å²) in [5, 5.41) is 0. The summed E-state index contributed by atoms with van der Waals surface area (Å²) >= 11 is 0. The third-order valence-electron chi connectivity index (χ3n) is 3.17. The first-order valence-electron chi connectivity index (χ1n) is 6.68. The third-order valence-corrected chi connectivity index (χ3v) is 4.55. The van der Waals surface area contributed by atoms with E-state index in [1.807, 2.05) is 26.8 Å². The van der Waals surface area contributed by atoms with Gasteiger partial charge in [0.1, 0.15) is 5.82 Å². The van der Waals surface area contributed by atoms with Crippen molar-refractivity contribution in [3.63, 3.8) is 0 Å². The van der Waals surface area contributed by atoms with Crippen LogP contribution in [0, 0.1) is 12.7 Å². The maximum absolute atomic E-state index is 13.9. The molecule has 21 heavy (non-hydrogen) atoms. The van der Waals surface area contributed by atoms with Crippen LogP contribution in [0.5, 0.6) is 0 Å². The van der Waals surface area contributed by atoms with Crippen LogP contribution in [0.3, 0.4) is 0 Å². The summed E-state index contributed by atoms with van der Waals surface area (Å²) < 4.78 is 40.8. The summed E-state index contributed by atoms with van der Waals surface area (Å²) in [5.41, 5.74) is 1.63. The second-order valence-electron chi connectivity index (χ2n) is 5.31. The number of benzene rings is 2. The molecule has 3 nitrogen and oxygen atoms in total. The zero-order valence-corrected chi connectivity index (χ0v) is 13.0. The van der Waals surface area contributed by atoms with Gasteiger partial charge < -0.3 is 0 Å². The van der Waals surface area contributed by atoms with E-state index in [-0.39, 0.29) is 16.5 Å². The zero-order valence-electron chi connectivity index (χ0n) is 12.2. The van der Waals surface area contributed by atoms with Crippen LogP contribution in [-0.4, -0.2) is 8.42 Å². The Hall–Kier alpha value is -1.88. The third kappa shape index (κ3) is 3.61. The Morgan fingerprint density at radius 2 is 1.81 bits per heavy atom. The lowest BCUT2D eigenvalue weighted by Gasteiger charge is -2.11. The molecule has 0 aliphatic heterocycles. The molecule has 0 aromatic heterocycles. The molecule has 0 unspecified atom stereocenters. The van der Waals surface area contributed by atoms with Gasteiger partial charge in [-0.15, -0.1) is 0 Å². The minimum absolute atomic E-state index is 0.0485. The highest BCUT2D eigenvalue weighted by Crippen LogP contribution is 2.23. The van der Waals surface area contributed by atoms with E-state index in [1.54, 1.807) is 24.3 Å². The second-order valence-corrected chi connectivity index (χ2v) is 7.00. The summed E-state index contributed by atoms with van der Waals surface area (Å²) in [6.07, 6.45) is 0. The van der Waals surface area contributed by atoms with Gasteiger partial charge in [0.05, 0.1) is 10.6 Å². The van der Waals surface area contributed by atoms with Crippen LogP contribution in [0.2, 0.25) is 0 Å². The van der Waals surface area contributed by atoms with E-state index in [0.29, 0.717) is 5.56 Å². The van der Waals surface area contributed by atoms with E-state index >= 15 is 0 Å². The standard InChI is InChI=1S/C16H18FNO2S/c1-11(2)15-8-7-13(10-16(15)17)18-21(19,20)14-6-4-5-12(3)9-14/h4-11,18H,1-3H3. The van der Waals surface area contributed by atoms with Crippen molar-refractivity contribution < 1.29 is 12.8 Å². The van der Waals surface area contributed by atoms with E-state index < -0.39 is 15.8 Å². The topological polar surface area (TPSA) is 46.2 Å². The van der Waals surface area contributed by atoms with Crippen molar-refractivity contribution in [2.24, 2.45) is 0 Å². The van der Waals surface area contributed by atoms with E-state index in [1.165, 1.54) is 12.1 Å². The number of hydrogen-bond donors (Lipinski definition) is 1.